The zero-order valence-corrected chi connectivity index (χ0v) is 12.1. The summed E-state index contributed by atoms with van der Waals surface area (Å²) in [5, 5.41) is 0. The third-order valence-electron chi connectivity index (χ3n) is 3.83. The lowest BCUT2D eigenvalue weighted by Gasteiger charge is -2.35. The van der Waals surface area contributed by atoms with Gasteiger partial charge in [0.15, 0.2) is 0 Å². The minimum absolute atomic E-state index is 0.561. The number of nitrogens with zero attached hydrogens (tertiary/aromatic N) is 1. The largest absolute Gasteiger partial charge is 0.329 e. The molecule has 0 aliphatic carbocycles. The van der Waals surface area contributed by atoms with Crippen molar-refractivity contribution in [1.82, 2.24) is 4.90 Å². The Morgan fingerprint density at radius 3 is 2.83 bits per heavy atom. The molecule has 18 heavy (non-hydrogen) atoms. The Hall–Kier alpha value is -0.510. The van der Waals surface area contributed by atoms with Crippen LogP contribution in [0.1, 0.15) is 24.0 Å². The summed E-state index contributed by atoms with van der Waals surface area (Å²) in [6, 6.07) is 9.38. The zero-order valence-electron chi connectivity index (χ0n) is 11.3. The van der Waals surface area contributed by atoms with E-state index in [-0.39, 0.29) is 0 Å². The van der Waals surface area contributed by atoms with E-state index in [1.165, 1.54) is 36.1 Å². The predicted octanol–water partition coefficient (Wildman–Crippen LogP) is 2.52. The minimum Gasteiger partial charge on any atom is -0.329 e. The highest BCUT2D eigenvalue weighted by molar-refractivity contribution is 7.98. The quantitative estimate of drug-likeness (QED) is 0.801. The predicted molar refractivity (Wildman–Crippen MR) is 81.0 cm³/mol. The molecule has 0 saturated heterocycles. The number of benzene rings is 1. The fraction of sp³-hybridized carbons (Fsp3) is 0.600. The van der Waals surface area contributed by atoms with Crippen molar-refractivity contribution in [2.24, 2.45) is 5.73 Å². The van der Waals surface area contributed by atoms with Crippen LogP contribution in [-0.2, 0) is 13.0 Å². The normalized spacial score (nSPS) is 17.4. The minimum atomic E-state index is 0.561. The average molecular weight is 264 g/mol. The molecule has 100 valence electrons. The van der Waals surface area contributed by atoms with Crippen LogP contribution in [0.5, 0.6) is 0 Å². The fourth-order valence-electron chi connectivity index (χ4n) is 2.74. The summed E-state index contributed by atoms with van der Waals surface area (Å²) in [6.45, 7) is 3.03. The Balaban J connectivity index is 1.93. The van der Waals surface area contributed by atoms with Crippen LogP contribution in [0.25, 0.3) is 0 Å². The number of nitrogens with two attached hydrogens (primary N) is 1. The van der Waals surface area contributed by atoms with E-state index in [2.05, 4.69) is 35.4 Å². The van der Waals surface area contributed by atoms with E-state index in [0.29, 0.717) is 6.04 Å². The summed E-state index contributed by atoms with van der Waals surface area (Å²) in [6.07, 6.45) is 5.87. The van der Waals surface area contributed by atoms with Crippen molar-refractivity contribution in [3.8, 4) is 0 Å². The van der Waals surface area contributed by atoms with E-state index in [9.17, 15) is 0 Å². The highest BCUT2D eigenvalue weighted by atomic mass is 32.2. The molecule has 1 aromatic carbocycles. The second kappa shape index (κ2) is 7.17. The van der Waals surface area contributed by atoms with Gasteiger partial charge in [0, 0.05) is 25.7 Å². The van der Waals surface area contributed by atoms with E-state index in [0.717, 1.165) is 19.6 Å². The summed E-state index contributed by atoms with van der Waals surface area (Å²) in [4.78, 5) is 2.57. The molecule has 1 unspecified atom stereocenters. The van der Waals surface area contributed by atoms with Crippen molar-refractivity contribution >= 4 is 11.8 Å². The van der Waals surface area contributed by atoms with Crippen LogP contribution in [0.2, 0.25) is 0 Å². The van der Waals surface area contributed by atoms with Crippen LogP contribution in [0.4, 0.5) is 0 Å². The maximum atomic E-state index is 5.96. The SMILES string of the molecule is CSCCCC(CN)N1CCc2ccccc2C1. The molecule has 1 aliphatic heterocycles. The summed E-state index contributed by atoms with van der Waals surface area (Å²) >= 11 is 1.93. The van der Waals surface area contributed by atoms with Crippen LogP contribution in [0.3, 0.4) is 0 Å². The van der Waals surface area contributed by atoms with Gasteiger partial charge in [-0.2, -0.15) is 11.8 Å². The Labute approximate surface area is 115 Å². The highest BCUT2D eigenvalue weighted by Gasteiger charge is 2.21. The first-order chi connectivity index (χ1) is 8.85. The van der Waals surface area contributed by atoms with Gasteiger partial charge >= 0.3 is 0 Å². The van der Waals surface area contributed by atoms with Gasteiger partial charge in [0.25, 0.3) is 0 Å². The fourth-order valence-corrected chi connectivity index (χ4v) is 3.20. The molecule has 1 atom stereocenters. The van der Waals surface area contributed by atoms with Gasteiger partial charge in [-0.1, -0.05) is 24.3 Å². The smallest absolute Gasteiger partial charge is 0.0240 e. The van der Waals surface area contributed by atoms with Gasteiger partial charge in [0.1, 0.15) is 0 Å². The molecule has 0 saturated carbocycles. The number of hydrogen-bond donors (Lipinski definition) is 1. The van der Waals surface area contributed by atoms with Gasteiger partial charge in [0.05, 0.1) is 0 Å². The Morgan fingerprint density at radius 1 is 1.33 bits per heavy atom. The summed E-state index contributed by atoms with van der Waals surface area (Å²) in [5.74, 6) is 1.25. The van der Waals surface area contributed by atoms with Crippen molar-refractivity contribution < 1.29 is 0 Å². The molecule has 1 aliphatic rings. The molecular formula is C15H24N2S. The maximum Gasteiger partial charge on any atom is 0.0240 e. The molecule has 2 N–H and O–H groups in total. The van der Waals surface area contributed by atoms with Crippen molar-refractivity contribution in [1.29, 1.82) is 0 Å². The standard InChI is InChI=1S/C15H24N2S/c1-18-10-4-7-15(11-16)17-9-8-13-5-2-3-6-14(13)12-17/h2-3,5-6,15H,4,7-12,16H2,1H3. The summed E-state index contributed by atoms with van der Waals surface area (Å²) in [5.41, 5.74) is 8.97. The third-order valence-corrected chi connectivity index (χ3v) is 4.53. The molecule has 2 nitrogen and oxygen atoms in total. The topological polar surface area (TPSA) is 29.3 Å². The van der Waals surface area contributed by atoms with Crippen LogP contribution in [-0.4, -0.2) is 36.0 Å². The van der Waals surface area contributed by atoms with Crippen LogP contribution in [0.15, 0.2) is 24.3 Å². The van der Waals surface area contributed by atoms with E-state index in [4.69, 9.17) is 5.73 Å². The Morgan fingerprint density at radius 2 is 2.11 bits per heavy atom. The molecule has 2 rings (SSSR count). The number of thioether (sulfide) groups is 1. The monoisotopic (exact) mass is 264 g/mol. The summed E-state index contributed by atoms with van der Waals surface area (Å²) < 4.78 is 0. The first-order valence-corrected chi connectivity index (χ1v) is 8.24. The first kappa shape index (κ1) is 13.9. The molecule has 3 heteroatoms. The van der Waals surface area contributed by atoms with Gasteiger partial charge in [-0.05, 0) is 42.4 Å². The van der Waals surface area contributed by atoms with Gasteiger partial charge < -0.3 is 5.73 Å². The Bertz CT molecular complexity index is 367. The lowest BCUT2D eigenvalue weighted by atomic mass is 9.97. The number of fused-ring (bicyclic) bond motifs is 1. The molecule has 0 aromatic heterocycles. The van der Waals surface area contributed by atoms with E-state index in [1.54, 1.807) is 0 Å². The van der Waals surface area contributed by atoms with Crippen molar-refractivity contribution in [3.63, 3.8) is 0 Å². The van der Waals surface area contributed by atoms with Crippen LogP contribution < -0.4 is 5.73 Å². The lowest BCUT2D eigenvalue weighted by molar-refractivity contribution is 0.173. The maximum absolute atomic E-state index is 5.96. The highest BCUT2D eigenvalue weighted by Crippen LogP contribution is 2.21. The molecule has 0 fully saturated rings. The van der Waals surface area contributed by atoms with Crippen molar-refractivity contribution in [2.45, 2.75) is 31.8 Å². The average Bonchev–Trinajstić information content (AvgIpc) is 2.43. The number of hydrogen-bond acceptors (Lipinski definition) is 3. The first-order valence-electron chi connectivity index (χ1n) is 6.85. The molecule has 0 bridgehead atoms. The summed E-state index contributed by atoms with van der Waals surface area (Å²) in [7, 11) is 0. The second-order valence-electron chi connectivity index (χ2n) is 5.01. The van der Waals surface area contributed by atoms with Crippen LogP contribution >= 0.6 is 11.8 Å². The second-order valence-corrected chi connectivity index (χ2v) is 6.00. The number of rotatable bonds is 6. The molecule has 1 heterocycles. The van der Waals surface area contributed by atoms with E-state index < -0.39 is 0 Å². The molecule has 1 aromatic rings. The Kier molecular flexibility index (Phi) is 5.54. The molecular weight excluding hydrogens is 240 g/mol. The molecule has 0 radical (unpaired) electrons. The van der Waals surface area contributed by atoms with Gasteiger partial charge in [0.2, 0.25) is 0 Å². The molecule has 0 amide bonds. The van der Waals surface area contributed by atoms with E-state index >= 15 is 0 Å². The van der Waals surface area contributed by atoms with Crippen molar-refractivity contribution in [2.75, 3.05) is 25.1 Å². The third kappa shape index (κ3) is 3.50. The van der Waals surface area contributed by atoms with Gasteiger partial charge in [-0.15, -0.1) is 0 Å². The zero-order chi connectivity index (χ0) is 12.8. The molecule has 0 spiro atoms. The van der Waals surface area contributed by atoms with E-state index in [1.807, 2.05) is 11.8 Å². The van der Waals surface area contributed by atoms with Crippen molar-refractivity contribution in [3.05, 3.63) is 35.4 Å². The lowest BCUT2D eigenvalue weighted by Crippen LogP contribution is -2.43. The van der Waals surface area contributed by atoms with Crippen LogP contribution in [0, 0.1) is 0 Å². The van der Waals surface area contributed by atoms with Gasteiger partial charge in [-0.3, -0.25) is 4.90 Å². The van der Waals surface area contributed by atoms with Gasteiger partial charge in [-0.25, -0.2) is 0 Å².